The minimum atomic E-state index is -1.33. The monoisotopic (exact) mass is 418 g/mol. The molecule has 1 unspecified atom stereocenters. The van der Waals surface area contributed by atoms with Gasteiger partial charge in [-0.15, -0.1) is 0 Å². The van der Waals surface area contributed by atoms with Crippen LogP contribution in [0.15, 0.2) is 18.2 Å². The Kier molecular flexibility index (Phi) is 9.26. The lowest BCUT2D eigenvalue weighted by molar-refractivity contribution is -0.152. The average Bonchev–Trinajstić information content (AvgIpc) is 2.70. The van der Waals surface area contributed by atoms with Crippen molar-refractivity contribution < 1.29 is 23.9 Å². The second-order valence-corrected chi connectivity index (χ2v) is 9.17. The van der Waals surface area contributed by atoms with E-state index in [4.69, 9.17) is 4.74 Å². The summed E-state index contributed by atoms with van der Waals surface area (Å²) in [5.41, 5.74) is 2.48. The van der Waals surface area contributed by atoms with Gasteiger partial charge in [0.1, 0.15) is 5.75 Å². The van der Waals surface area contributed by atoms with Crippen molar-refractivity contribution in [2.75, 3.05) is 13.7 Å². The average molecular weight is 419 g/mol. The lowest BCUT2D eigenvalue weighted by Gasteiger charge is -2.30. The van der Waals surface area contributed by atoms with E-state index in [1.54, 1.807) is 0 Å². The minimum absolute atomic E-state index is 0.0460. The first-order valence-electron chi connectivity index (χ1n) is 10.8. The van der Waals surface area contributed by atoms with Crippen molar-refractivity contribution in [3.05, 3.63) is 29.3 Å². The van der Waals surface area contributed by atoms with E-state index in [9.17, 15) is 14.4 Å². The molecule has 1 rings (SSSR count). The fraction of sp³-hybridized carbons (Fsp3) is 0.640. The molecule has 1 atom stereocenters. The van der Waals surface area contributed by atoms with Crippen LogP contribution >= 0.6 is 0 Å². The summed E-state index contributed by atoms with van der Waals surface area (Å²) in [4.78, 5) is 35.6. The molecule has 30 heavy (non-hydrogen) atoms. The summed E-state index contributed by atoms with van der Waals surface area (Å²) in [6.45, 7) is 14.8. The second-order valence-electron chi connectivity index (χ2n) is 9.17. The van der Waals surface area contributed by atoms with Crippen molar-refractivity contribution in [1.29, 1.82) is 0 Å². The highest BCUT2D eigenvalue weighted by Crippen LogP contribution is 2.38. The van der Waals surface area contributed by atoms with Crippen LogP contribution in [0.3, 0.4) is 0 Å². The number of esters is 1. The molecule has 0 aliphatic carbocycles. The third-order valence-corrected chi connectivity index (χ3v) is 6.25. The normalized spacial score (nSPS) is 12.9. The first kappa shape index (κ1) is 25.9. The van der Waals surface area contributed by atoms with Gasteiger partial charge in [-0.2, -0.15) is 0 Å². The van der Waals surface area contributed by atoms with Gasteiger partial charge in [-0.25, -0.2) is 0 Å². The van der Waals surface area contributed by atoms with Crippen molar-refractivity contribution in [3.63, 3.8) is 0 Å². The maximum atomic E-state index is 12.3. The predicted octanol–water partition coefficient (Wildman–Crippen LogP) is 5.17. The summed E-state index contributed by atoms with van der Waals surface area (Å²) < 4.78 is 10.6. The molecule has 0 spiro atoms. The third kappa shape index (κ3) is 6.41. The number of ketones is 2. The van der Waals surface area contributed by atoms with Crippen LogP contribution < -0.4 is 4.74 Å². The zero-order valence-corrected chi connectivity index (χ0v) is 19.9. The van der Waals surface area contributed by atoms with Crippen LogP contribution in [0.2, 0.25) is 0 Å². The Bertz CT molecular complexity index is 761. The summed E-state index contributed by atoms with van der Waals surface area (Å²) in [6.07, 6.45) is 2.52. The molecule has 0 aliphatic rings. The highest BCUT2D eigenvalue weighted by Gasteiger charge is 2.31. The van der Waals surface area contributed by atoms with E-state index in [2.05, 4.69) is 58.4 Å². The fourth-order valence-electron chi connectivity index (χ4n) is 3.22. The van der Waals surface area contributed by atoms with Crippen LogP contribution in [-0.2, 0) is 30.0 Å². The van der Waals surface area contributed by atoms with Crippen LogP contribution in [0.25, 0.3) is 0 Å². The molecule has 1 aromatic rings. The molecule has 0 aromatic heterocycles. The fourth-order valence-corrected chi connectivity index (χ4v) is 3.22. The molecule has 0 aliphatic heterocycles. The maximum Gasteiger partial charge on any atom is 0.323 e. The van der Waals surface area contributed by atoms with E-state index in [-0.39, 0.29) is 17.3 Å². The molecule has 0 amide bonds. The first-order chi connectivity index (χ1) is 13.9. The van der Waals surface area contributed by atoms with Crippen molar-refractivity contribution >= 4 is 17.5 Å². The smallest absolute Gasteiger partial charge is 0.323 e. The minimum Gasteiger partial charge on any atom is -0.493 e. The van der Waals surface area contributed by atoms with E-state index in [0.717, 1.165) is 24.2 Å². The van der Waals surface area contributed by atoms with Gasteiger partial charge in [-0.3, -0.25) is 14.4 Å². The van der Waals surface area contributed by atoms with Crippen molar-refractivity contribution in [2.24, 2.45) is 5.92 Å². The summed E-state index contributed by atoms with van der Waals surface area (Å²) in [5, 5.41) is 0. The van der Waals surface area contributed by atoms with Crippen LogP contribution in [0.4, 0.5) is 0 Å². The Hall–Kier alpha value is -2.17. The van der Waals surface area contributed by atoms with E-state index in [0.29, 0.717) is 13.0 Å². The molecule has 0 radical (unpaired) electrons. The van der Waals surface area contributed by atoms with E-state index >= 15 is 0 Å². The lowest BCUT2D eigenvalue weighted by Crippen LogP contribution is -2.31. The Morgan fingerprint density at radius 1 is 1.00 bits per heavy atom. The topological polar surface area (TPSA) is 69.7 Å². The van der Waals surface area contributed by atoms with Gasteiger partial charge in [0.2, 0.25) is 0 Å². The van der Waals surface area contributed by atoms with Crippen molar-refractivity contribution in [1.82, 2.24) is 0 Å². The molecule has 0 saturated heterocycles. The van der Waals surface area contributed by atoms with Crippen molar-refractivity contribution in [3.8, 4) is 5.75 Å². The molecule has 0 N–H and O–H groups in total. The molecule has 0 fully saturated rings. The van der Waals surface area contributed by atoms with Gasteiger partial charge < -0.3 is 9.47 Å². The number of hydrogen-bond donors (Lipinski definition) is 0. The van der Waals surface area contributed by atoms with Gasteiger partial charge in [-0.05, 0) is 48.6 Å². The molecule has 168 valence electrons. The highest BCUT2D eigenvalue weighted by atomic mass is 16.5. The van der Waals surface area contributed by atoms with Crippen LogP contribution in [0.1, 0.15) is 85.3 Å². The van der Waals surface area contributed by atoms with Crippen LogP contribution in [0, 0.1) is 5.92 Å². The van der Waals surface area contributed by atoms with Crippen LogP contribution in [0.5, 0.6) is 5.75 Å². The number of benzene rings is 1. The largest absolute Gasteiger partial charge is 0.493 e. The molecule has 5 heteroatoms. The van der Waals surface area contributed by atoms with Crippen molar-refractivity contribution in [2.45, 2.75) is 85.0 Å². The molecule has 0 saturated carbocycles. The highest BCUT2D eigenvalue weighted by molar-refractivity contribution is 6.16. The van der Waals surface area contributed by atoms with E-state index < -0.39 is 23.5 Å². The zero-order chi connectivity index (χ0) is 23.1. The quantitative estimate of drug-likeness (QED) is 0.266. The van der Waals surface area contributed by atoms with Gasteiger partial charge >= 0.3 is 5.97 Å². The third-order valence-electron chi connectivity index (χ3n) is 6.25. The zero-order valence-electron chi connectivity index (χ0n) is 19.9. The summed E-state index contributed by atoms with van der Waals surface area (Å²) in [6, 6.07) is 6.38. The number of methoxy groups -OCH3 is 1. The van der Waals surface area contributed by atoms with Gasteiger partial charge in [-0.1, -0.05) is 53.7 Å². The number of hydrogen-bond acceptors (Lipinski definition) is 5. The number of Topliss-reactive ketones (excluding diaryl/α,β-unsaturated/α-hetero) is 2. The summed E-state index contributed by atoms with van der Waals surface area (Å²) in [5.74, 6) is -2.23. The van der Waals surface area contributed by atoms with Gasteiger partial charge in [0.25, 0.3) is 0 Å². The first-order valence-corrected chi connectivity index (χ1v) is 10.8. The maximum absolute atomic E-state index is 12.3. The summed E-state index contributed by atoms with van der Waals surface area (Å²) >= 11 is 0. The summed E-state index contributed by atoms with van der Waals surface area (Å²) in [7, 11) is 1.18. The number of carbonyl (C=O) groups excluding carboxylic acids is 3. The number of rotatable bonds is 12. The predicted molar refractivity (Wildman–Crippen MR) is 119 cm³/mol. The lowest BCUT2D eigenvalue weighted by atomic mass is 9.76. The Morgan fingerprint density at radius 3 is 2.10 bits per heavy atom. The number of carbonyl (C=O) groups is 3. The molecule has 1 aromatic carbocycles. The Balaban J connectivity index is 2.92. The Labute approximate surface area is 181 Å². The molecule has 0 bridgehead atoms. The van der Waals surface area contributed by atoms with Crippen LogP contribution in [-0.4, -0.2) is 31.3 Å². The van der Waals surface area contributed by atoms with Gasteiger partial charge in [0.05, 0.1) is 13.7 Å². The number of ether oxygens (including phenoxy) is 2. The second kappa shape index (κ2) is 10.7. The van der Waals surface area contributed by atoms with E-state index in [1.165, 1.54) is 19.6 Å². The molecule has 5 nitrogen and oxygen atoms in total. The van der Waals surface area contributed by atoms with E-state index in [1.807, 2.05) is 6.07 Å². The SMILES string of the molecule is CCC(C)(C)c1ccc(OCCCC(=O)C(C(C)=O)C(=O)OC)c(C(C)(C)CC)c1. The van der Waals surface area contributed by atoms with Gasteiger partial charge in [0, 0.05) is 12.0 Å². The molecular weight excluding hydrogens is 380 g/mol. The Morgan fingerprint density at radius 2 is 1.60 bits per heavy atom. The molecular formula is C25H38O5. The standard InChI is InChI=1S/C25H38O5/c1-9-24(4,5)18-13-14-21(19(16-18)25(6,7)10-2)30-15-11-12-20(27)22(17(3)26)23(28)29-8/h13-14,16,22H,9-12,15H2,1-8H3. The molecule has 0 heterocycles. The van der Waals surface area contributed by atoms with Gasteiger partial charge in [0.15, 0.2) is 17.5 Å².